The van der Waals surface area contributed by atoms with Gasteiger partial charge in [0.1, 0.15) is 23.2 Å². The van der Waals surface area contributed by atoms with Crippen molar-refractivity contribution in [2.75, 3.05) is 6.16 Å². The van der Waals surface area contributed by atoms with Gasteiger partial charge >= 0.3 is 5.97 Å². The molecule has 3 aromatic carbocycles. The van der Waals surface area contributed by atoms with Crippen LogP contribution in [0, 0.1) is 0 Å². The monoisotopic (exact) mass is 535 g/mol. The number of unbranched alkanes of at least 4 members (excludes halogenated alkanes) is 6. The minimum Gasteiger partial charge on any atom is -0.481 e. The Morgan fingerprint density at radius 1 is 0.559 bits per heavy atom. The van der Waals surface area contributed by atoms with Gasteiger partial charge in [-0.25, -0.2) is 0 Å². The Balaban J connectivity index is 1.82. The molecule has 0 saturated carbocycles. The Labute approximate surface area is 218 Å². The van der Waals surface area contributed by atoms with Crippen LogP contribution in [0.3, 0.4) is 0 Å². The lowest BCUT2D eigenvalue weighted by Crippen LogP contribution is -2.33. The van der Waals surface area contributed by atoms with Crippen molar-refractivity contribution < 1.29 is 9.90 Å². The van der Waals surface area contributed by atoms with Crippen LogP contribution in [-0.2, 0) is 4.79 Å². The maximum atomic E-state index is 10.7. The van der Waals surface area contributed by atoms with E-state index in [-0.39, 0.29) is 6.42 Å². The summed E-state index contributed by atoms with van der Waals surface area (Å²) >= 11 is 18.8. The molecular weight excluding hydrogens is 506 g/mol. The minimum absolute atomic E-state index is 0.274. The van der Waals surface area contributed by atoms with Crippen molar-refractivity contribution in [3.05, 3.63) is 87.9 Å². The zero-order chi connectivity index (χ0) is 24.4. The highest BCUT2D eigenvalue weighted by Gasteiger charge is 2.44. The van der Waals surface area contributed by atoms with Crippen molar-refractivity contribution in [2.24, 2.45) is 0 Å². The highest BCUT2D eigenvalue weighted by Crippen LogP contribution is 2.56. The molecule has 0 bridgehead atoms. The summed E-state index contributed by atoms with van der Waals surface area (Å²) < 4.78 is 0. The van der Waals surface area contributed by atoms with Gasteiger partial charge in [0.15, 0.2) is 0 Å². The van der Waals surface area contributed by atoms with E-state index in [1.54, 1.807) is 0 Å². The molecule has 0 radical (unpaired) electrons. The topological polar surface area (TPSA) is 37.3 Å². The molecular formula is C28H31Cl3O2P+. The van der Waals surface area contributed by atoms with Gasteiger partial charge in [0.2, 0.25) is 0 Å². The first kappa shape index (κ1) is 27.0. The molecule has 0 heterocycles. The molecule has 0 aliphatic heterocycles. The third-order valence-corrected chi connectivity index (χ3v) is 11.5. The van der Waals surface area contributed by atoms with Crippen LogP contribution in [0.2, 0.25) is 15.1 Å². The normalized spacial score (nSPS) is 11.5. The van der Waals surface area contributed by atoms with Crippen molar-refractivity contribution in [3.8, 4) is 0 Å². The number of carboxylic acids is 1. The summed E-state index contributed by atoms with van der Waals surface area (Å²) in [6, 6.07) is 24.9. The summed E-state index contributed by atoms with van der Waals surface area (Å²) in [4.78, 5) is 10.7. The van der Waals surface area contributed by atoms with E-state index in [1.807, 2.05) is 36.4 Å². The number of aliphatic carboxylic acids is 1. The average molecular weight is 537 g/mol. The summed E-state index contributed by atoms with van der Waals surface area (Å²) in [5, 5.41) is 14.9. The molecule has 0 unspecified atom stereocenters. The average Bonchev–Trinajstić information content (AvgIpc) is 2.82. The van der Waals surface area contributed by atoms with Crippen molar-refractivity contribution in [1.29, 1.82) is 0 Å². The molecule has 180 valence electrons. The third-order valence-electron chi connectivity index (χ3n) is 6.19. The van der Waals surface area contributed by atoms with E-state index < -0.39 is 13.2 Å². The fraction of sp³-hybridized carbons (Fsp3) is 0.321. The summed E-state index contributed by atoms with van der Waals surface area (Å²) in [5.74, 6) is -0.702. The van der Waals surface area contributed by atoms with Crippen LogP contribution >= 0.6 is 42.1 Å². The van der Waals surface area contributed by atoms with Gasteiger partial charge in [-0.15, -0.1) is 0 Å². The van der Waals surface area contributed by atoms with Gasteiger partial charge in [0.25, 0.3) is 0 Å². The number of hydrogen-bond acceptors (Lipinski definition) is 1. The molecule has 0 saturated heterocycles. The van der Waals surface area contributed by atoms with Crippen LogP contribution in [0.5, 0.6) is 0 Å². The second-order valence-electron chi connectivity index (χ2n) is 8.58. The van der Waals surface area contributed by atoms with Gasteiger partial charge in [-0.05, 0) is 92.1 Å². The number of hydrogen-bond donors (Lipinski definition) is 1. The van der Waals surface area contributed by atoms with Gasteiger partial charge in [-0.3, -0.25) is 4.79 Å². The lowest BCUT2D eigenvalue weighted by molar-refractivity contribution is -0.137. The summed E-state index contributed by atoms with van der Waals surface area (Å²) in [6.45, 7) is 0. The van der Waals surface area contributed by atoms with E-state index in [2.05, 4.69) is 36.4 Å². The van der Waals surface area contributed by atoms with Crippen molar-refractivity contribution in [2.45, 2.75) is 51.4 Å². The summed E-state index contributed by atoms with van der Waals surface area (Å²) in [7, 11) is -1.93. The molecule has 0 atom stereocenters. The van der Waals surface area contributed by atoms with E-state index in [9.17, 15) is 4.79 Å². The number of halogens is 3. The number of carbonyl (C=O) groups is 1. The standard InChI is InChI=1S/C28H30Cl3O2P/c29-22-9-15-25(16-10-22)34(26-17-11-23(30)12-18-26,27-19-13-24(31)14-20-27)21-7-5-3-1-2-4-6-8-28(32)33/h9-20H,1-8,21H2/p+1. The molecule has 34 heavy (non-hydrogen) atoms. The number of carboxylic acid groups (broad SMARTS) is 1. The first-order chi connectivity index (χ1) is 16.4. The van der Waals surface area contributed by atoms with Gasteiger partial charge in [-0.1, -0.05) is 60.5 Å². The molecule has 3 aromatic rings. The van der Waals surface area contributed by atoms with Gasteiger partial charge in [0.05, 0.1) is 6.16 Å². The number of benzene rings is 3. The zero-order valence-corrected chi connectivity index (χ0v) is 22.4. The maximum Gasteiger partial charge on any atom is 0.303 e. The van der Waals surface area contributed by atoms with Gasteiger partial charge in [-0.2, -0.15) is 0 Å². The lowest BCUT2D eigenvalue weighted by atomic mass is 10.1. The molecule has 0 fully saturated rings. The highest BCUT2D eigenvalue weighted by atomic mass is 35.5. The summed E-state index contributed by atoms with van der Waals surface area (Å²) in [5.41, 5.74) is 0. The molecule has 3 rings (SSSR count). The Morgan fingerprint density at radius 3 is 1.24 bits per heavy atom. The minimum atomic E-state index is -1.93. The van der Waals surface area contributed by atoms with Crippen molar-refractivity contribution >= 4 is 63.9 Å². The summed E-state index contributed by atoms with van der Waals surface area (Å²) in [6.07, 6.45) is 8.75. The highest BCUT2D eigenvalue weighted by molar-refractivity contribution is 7.95. The Morgan fingerprint density at radius 2 is 0.882 bits per heavy atom. The molecule has 0 spiro atoms. The maximum absolute atomic E-state index is 10.7. The molecule has 2 nitrogen and oxygen atoms in total. The molecule has 6 heteroatoms. The quantitative estimate of drug-likeness (QED) is 0.177. The first-order valence-electron chi connectivity index (χ1n) is 11.8. The second kappa shape index (κ2) is 13.5. The van der Waals surface area contributed by atoms with Crippen LogP contribution in [-0.4, -0.2) is 17.2 Å². The van der Waals surface area contributed by atoms with Crippen LogP contribution < -0.4 is 15.9 Å². The Bertz CT molecular complexity index is 924. The van der Waals surface area contributed by atoms with Gasteiger partial charge in [0, 0.05) is 21.5 Å². The second-order valence-corrected chi connectivity index (χ2v) is 13.5. The van der Waals surface area contributed by atoms with Crippen LogP contribution in [0.4, 0.5) is 0 Å². The van der Waals surface area contributed by atoms with E-state index in [4.69, 9.17) is 39.9 Å². The predicted molar refractivity (Wildman–Crippen MR) is 150 cm³/mol. The van der Waals surface area contributed by atoms with E-state index in [0.717, 1.165) is 66.2 Å². The SMILES string of the molecule is O=C(O)CCCCCCCCC[P+](c1ccc(Cl)cc1)(c1ccc(Cl)cc1)c1ccc(Cl)cc1. The van der Waals surface area contributed by atoms with Crippen molar-refractivity contribution in [3.63, 3.8) is 0 Å². The molecule has 1 N–H and O–H groups in total. The third kappa shape index (κ3) is 7.46. The van der Waals surface area contributed by atoms with Crippen LogP contribution in [0.15, 0.2) is 72.8 Å². The molecule has 0 aliphatic rings. The van der Waals surface area contributed by atoms with E-state index >= 15 is 0 Å². The van der Waals surface area contributed by atoms with Gasteiger partial charge < -0.3 is 5.11 Å². The molecule has 0 aliphatic carbocycles. The van der Waals surface area contributed by atoms with Crippen molar-refractivity contribution in [1.82, 2.24) is 0 Å². The van der Waals surface area contributed by atoms with E-state index in [0.29, 0.717) is 0 Å². The fourth-order valence-electron chi connectivity index (χ4n) is 4.43. The molecule has 0 aromatic heterocycles. The first-order valence-corrected chi connectivity index (χ1v) is 14.9. The number of rotatable bonds is 13. The fourth-order valence-corrected chi connectivity index (χ4v) is 9.15. The smallest absolute Gasteiger partial charge is 0.303 e. The van der Waals surface area contributed by atoms with Crippen LogP contribution in [0.1, 0.15) is 51.4 Å². The molecule has 0 amide bonds. The Hall–Kier alpha value is -1.57. The Kier molecular flexibility index (Phi) is 10.7. The lowest BCUT2D eigenvalue weighted by Gasteiger charge is -2.28. The zero-order valence-electron chi connectivity index (χ0n) is 19.2. The largest absolute Gasteiger partial charge is 0.481 e. The van der Waals surface area contributed by atoms with E-state index in [1.165, 1.54) is 15.9 Å². The van der Waals surface area contributed by atoms with Crippen LogP contribution in [0.25, 0.3) is 0 Å². The predicted octanol–water partition coefficient (Wildman–Crippen LogP) is 8.15.